The second-order valence-electron chi connectivity index (χ2n) is 4.82. The molecule has 0 unspecified atom stereocenters. The predicted octanol–water partition coefficient (Wildman–Crippen LogP) is 2.93. The number of phenolic OH excluding ortho intramolecular Hbond substituents is 1. The Kier molecular flexibility index (Phi) is 3.51. The molecule has 0 aliphatic heterocycles. The molecular weight excluding hydrogens is 226 g/mol. The van der Waals surface area contributed by atoms with Crippen molar-refractivity contribution in [2.45, 2.75) is 13.8 Å². The van der Waals surface area contributed by atoms with E-state index in [0.717, 1.165) is 10.8 Å². The summed E-state index contributed by atoms with van der Waals surface area (Å²) in [5.74, 6) is 0.592. The molecule has 0 saturated heterocycles. The molecule has 2 aromatic rings. The van der Waals surface area contributed by atoms with Crippen molar-refractivity contribution in [1.82, 2.24) is 5.32 Å². The first-order valence-corrected chi connectivity index (χ1v) is 6.08. The van der Waals surface area contributed by atoms with Crippen molar-refractivity contribution in [3.05, 3.63) is 42.0 Å². The minimum absolute atomic E-state index is 0.0751. The summed E-state index contributed by atoms with van der Waals surface area (Å²) in [6.07, 6.45) is 0. The van der Waals surface area contributed by atoms with Gasteiger partial charge in [-0.1, -0.05) is 26.0 Å². The zero-order valence-corrected chi connectivity index (χ0v) is 10.6. The van der Waals surface area contributed by atoms with E-state index in [4.69, 9.17) is 0 Å². The number of carbonyl (C=O) groups excluding carboxylic acids is 1. The number of fused-ring (bicyclic) bond motifs is 1. The quantitative estimate of drug-likeness (QED) is 0.870. The van der Waals surface area contributed by atoms with Crippen LogP contribution in [0.1, 0.15) is 24.2 Å². The van der Waals surface area contributed by atoms with Crippen molar-refractivity contribution >= 4 is 16.7 Å². The summed E-state index contributed by atoms with van der Waals surface area (Å²) in [5, 5.41) is 14.2. The standard InChI is InChI=1S/C15H17NO2/c1-10(2)9-16-15(18)12-6-7-13-11(8-12)4-3-5-14(13)17/h3-8,10,17H,9H2,1-2H3,(H,16,18). The minimum Gasteiger partial charge on any atom is -0.507 e. The van der Waals surface area contributed by atoms with Crippen molar-refractivity contribution < 1.29 is 9.90 Å². The molecule has 0 heterocycles. The molecule has 2 rings (SSSR count). The molecule has 2 aromatic carbocycles. The largest absolute Gasteiger partial charge is 0.507 e. The van der Waals surface area contributed by atoms with Gasteiger partial charge in [0.1, 0.15) is 5.75 Å². The van der Waals surface area contributed by atoms with Crippen LogP contribution in [0.15, 0.2) is 36.4 Å². The highest BCUT2D eigenvalue weighted by atomic mass is 16.3. The van der Waals surface area contributed by atoms with Gasteiger partial charge in [0.05, 0.1) is 0 Å². The highest BCUT2D eigenvalue weighted by molar-refractivity contribution is 5.99. The van der Waals surface area contributed by atoms with Crippen molar-refractivity contribution in [3.63, 3.8) is 0 Å². The smallest absolute Gasteiger partial charge is 0.251 e. The number of hydrogen-bond donors (Lipinski definition) is 2. The molecule has 0 fully saturated rings. The molecule has 0 aliphatic carbocycles. The van der Waals surface area contributed by atoms with Gasteiger partial charge in [-0.15, -0.1) is 0 Å². The first-order valence-electron chi connectivity index (χ1n) is 6.08. The van der Waals surface area contributed by atoms with Gasteiger partial charge >= 0.3 is 0 Å². The molecule has 18 heavy (non-hydrogen) atoms. The van der Waals surface area contributed by atoms with Crippen LogP contribution in [0.4, 0.5) is 0 Å². The van der Waals surface area contributed by atoms with Gasteiger partial charge in [0.15, 0.2) is 0 Å². The first-order chi connectivity index (χ1) is 8.58. The number of nitrogens with one attached hydrogen (secondary N) is 1. The molecule has 0 spiro atoms. The molecular formula is C15H17NO2. The van der Waals surface area contributed by atoms with E-state index in [0.29, 0.717) is 18.0 Å². The zero-order valence-electron chi connectivity index (χ0n) is 10.6. The van der Waals surface area contributed by atoms with Gasteiger partial charge in [0, 0.05) is 17.5 Å². The van der Waals surface area contributed by atoms with E-state index in [-0.39, 0.29) is 11.7 Å². The molecule has 0 radical (unpaired) electrons. The fourth-order valence-corrected chi connectivity index (χ4v) is 1.81. The Hall–Kier alpha value is -2.03. The van der Waals surface area contributed by atoms with Gasteiger partial charge in [-0.05, 0) is 35.6 Å². The summed E-state index contributed by atoms with van der Waals surface area (Å²) in [6, 6.07) is 10.6. The Morgan fingerprint density at radius 3 is 2.78 bits per heavy atom. The van der Waals surface area contributed by atoms with E-state index in [1.807, 2.05) is 6.07 Å². The van der Waals surface area contributed by atoms with Gasteiger partial charge in [-0.3, -0.25) is 4.79 Å². The average molecular weight is 243 g/mol. The molecule has 0 aromatic heterocycles. The number of carbonyl (C=O) groups is 1. The Bertz CT molecular complexity index is 576. The lowest BCUT2D eigenvalue weighted by atomic mass is 10.1. The van der Waals surface area contributed by atoms with Crippen LogP contribution in [0.25, 0.3) is 10.8 Å². The lowest BCUT2D eigenvalue weighted by Crippen LogP contribution is -2.27. The Labute approximate surface area is 106 Å². The van der Waals surface area contributed by atoms with Crippen LogP contribution >= 0.6 is 0 Å². The SMILES string of the molecule is CC(C)CNC(=O)c1ccc2c(O)cccc2c1. The molecule has 0 saturated carbocycles. The molecule has 3 nitrogen and oxygen atoms in total. The van der Waals surface area contributed by atoms with Crippen LogP contribution in [0.3, 0.4) is 0 Å². The second-order valence-corrected chi connectivity index (χ2v) is 4.82. The average Bonchev–Trinajstić information content (AvgIpc) is 2.35. The fraction of sp³-hybridized carbons (Fsp3) is 0.267. The van der Waals surface area contributed by atoms with Crippen LogP contribution in [-0.4, -0.2) is 17.6 Å². The molecule has 0 bridgehead atoms. The minimum atomic E-state index is -0.0751. The fourth-order valence-electron chi connectivity index (χ4n) is 1.81. The summed E-state index contributed by atoms with van der Waals surface area (Å²) < 4.78 is 0. The summed E-state index contributed by atoms with van der Waals surface area (Å²) >= 11 is 0. The van der Waals surface area contributed by atoms with E-state index in [1.54, 1.807) is 30.3 Å². The van der Waals surface area contributed by atoms with Crippen LogP contribution in [0, 0.1) is 5.92 Å². The van der Waals surface area contributed by atoms with Crippen molar-refractivity contribution in [3.8, 4) is 5.75 Å². The maximum absolute atomic E-state index is 11.9. The lowest BCUT2D eigenvalue weighted by Gasteiger charge is -2.08. The maximum atomic E-state index is 11.9. The van der Waals surface area contributed by atoms with Gasteiger partial charge < -0.3 is 10.4 Å². The monoisotopic (exact) mass is 243 g/mol. The van der Waals surface area contributed by atoms with Crippen molar-refractivity contribution in [2.24, 2.45) is 5.92 Å². The van der Waals surface area contributed by atoms with Crippen LogP contribution in [0.2, 0.25) is 0 Å². The van der Waals surface area contributed by atoms with E-state index < -0.39 is 0 Å². The first kappa shape index (κ1) is 12.4. The third-order valence-electron chi connectivity index (χ3n) is 2.79. The molecule has 1 amide bonds. The Balaban J connectivity index is 2.27. The molecule has 0 aliphatic rings. The van der Waals surface area contributed by atoms with Crippen LogP contribution in [-0.2, 0) is 0 Å². The second kappa shape index (κ2) is 5.08. The summed E-state index contributed by atoms with van der Waals surface area (Å²) in [4.78, 5) is 11.9. The Morgan fingerprint density at radius 1 is 1.28 bits per heavy atom. The highest BCUT2D eigenvalue weighted by Crippen LogP contribution is 2.24. The molecule has 3 heteroatoms. The number of phenols is 1. The third kappa shape index (κ3) is 2.62. The maximum Gasteiger partial charge on any atom is 0.251 e. The third-order valence-corrected chi connectivity index (χ3v) is 2.79. The number of benzene rings is 2. The van der Waals surface area contributed by atoms with Gasteiger partial charge in [-0.25, -0.2) is 0 Å². The summed E-state index contributed by atoms with van der Waals surface area (Å²) in [7, 11) is 0. The van der Waals surface area contributed by atoms with E-state index in [2.05, 4.69) is 19.2 Å². The van der Waals surface area contributed by atoms with E-state index >= 15 is 0 Å². The molecule has 94 valence electrons. The van der Waals surface area contributed by atoms with Gasteiger partial charge in [-0.2, -0.15) is 0 Å². The normalized spacial score (nSPS) is 10.8. The number of rotatable bonds is 3. The van der Waals surface area contributed by atoms with Crippen molar-refractivity contribution in [1.29, 1.82) is 0 Å². The van der Waals surface area contributed by atoms with E-state index in [9.17, 15) is 9.90 Å². The highest BCUT2D eigenvalue weighted by Gasteiger charge is 2.07. The van der Waals surface area contributed by atoms with Gasteiger partial charge in [0.25, 0.3) is 5.91 Å². The molecule has 0 atom stereocenters. The molecule has 2 N–H and O–H groups in total. The lowest BCUT2D eigenvalue weighted by molar-refractivity contribution is 0.0949. The number of amides is 1. The zero-order chi connectivity index (χ0) is 13.1. The number of hydrogen-bond acceptors (Lipinski definition) is 2. The van der Waals surface area contributed by atoms with Crippen LogP contribution < -0.4 is 5.32 Å². The number of aromatic hydroxyl groups is 1. The van der Waals surface area contributed by atoms with Crippen LogP contribution in [0.5, 0.6) is 5.75 Å². The topological polar surface area (TPSA) is 49.3 Å². The van der Waals surface area contributed by atoms with Crippen molar-refractivity contribution in [2.75, 3.05) is 6.54 Å². The van der Waals surface area contributed by atoms with E-state index in [1.165, 1.54) is 0 Å². The summed E-state index contributed by atoms with van der Waals surface area (Å²) in [5.41, 5.74) is 0.619. The Morgan fingerprint density at radius 2 is 2.06 bits per heavy atom. The predicted molar refractivity (Wildman–Crippen MR) is 72.8 cm³/mol. The summed E-state index contributed by atoms with van der Waals surface area (Å²) in [6.45, 7) is 4.77. The van der Waals surface area contributed by atoms with Gasteiger partial charge in [0.2, 0.25) is 0 Å².